The summed E-state index contributed by atoms with van der Waals surface area (Å²) < 4.78 is 0. The minimum Gasteiger partial charge on any atom is -0.307 e. The van der Waals surface area contributed by atoms with E-state index in [-0.39, 0.29) is 11.3 Å². The molecule has 174 valence electrons. The van der Waals surface area contributed by atoms with Crippen LogP contribution in [0.25, 0.3) is 6.08 Å². The molecular formula is C28H27Cl2N3O. The first kappa shape index (κ1) is 23.1. The Balaban J connectivity index is 1.31. The van der Waals surface area contributed by atoms with Gasteiger partial charge in [0.25, 0.3) is 5.91 Å². The molecule has 1 amide bonds. The number of anilines is 1. The zero-order valence-corrected chi connectivity index (χ0v) is 20.7. The maximum Gasteiger partial charge on any atom is 0.258 e. The molecule has 1 spiro atoms. The van der Waals surface area contributed by atoms with Gasteiger partial charge in [0.1, 0.15) is 5.15 Å². The first-order valence-corrected chi connectivity index (χ1v) is 12.4. The standard InChI is InChI=1S/C28H27Cl2N3O/c1-20-4-6-21(7-5-20)3-2-14-32-15-11-28(12-16-32)19-33(25-9-8-23(29)18-24(25)28)27(34)22-10-13-31-26(30)17-22/h2-10,13,17-18H,11-12,14-16,19H2,1H3. The summed E-state index contributed by atoms with van der Waals surface area (Å²) in [4.78, 5) is 21.8. The predicted octanol–water partition coefficient (Wildman–Crippen LogP) is 6.40. The Morgan fingerprint density at radius 2 is 1.82 bits per heavy atom. The van der Waals surface area contributed by atoms with Gasteiger partial charge in [-0.15, -0.1) is 0 Å². The van der Waals surface area contributed by atoms with E-state index in [1.165, 1.54) is 16.7 Å². The quantitative estimate of drug-likeness (QED) is 0.395. The predicted molar refractivity (Wildman–Crippen MR) is 140 cm³/mol. The van der Waals surface area contributed by atoms with Crippen LogP contribution in [-0.4, -0.2) is 42.0 Å². The number of pyridine rings is 1. The van der Waals surface area contributed by atoms with E-state index in [2.05, 4.69) is 59.3 Å². The molecule has 0 aliphatic carbocycles. The van der Waals surface area contributed by atoms with Gasteiger partial charge in [-0.05, 0) is 74.3 Å². The average molecular weight is 492 g/mol. The second-order valence-corrected chi connectivity index (χ2v) is 10.1. The molecule has 0 bridgehead atoms. The van der Waals surface area contributed by atoms with E-state index in [1.807, 2.05) is 17.0 Å². The number of piperidine rings is 1. The van der Waals surface area contributed by atoms with Crippen LogP contribution >= 0.6 is 23.2 Å². The summed E-state index contributed by atoms with van der Waals surface area (Å²) in [5.41, 5.74) is 5.11. The van der Waals surface area contributed by atoms with Gasteiger partial charge in [-0.1, -0.05) is 65.2 Å². The van der Waals surface area contributed by atoms with E-state index in [1.54, 1.807) is 18.3 Å². The SMILES string of the molecule is Cc1ccc(C=CCN2CCC3(CC2)CN(C(=O)c2ccnc(Cl)c2)c2ccc(Cl)cc23)cc1. The largest absolute Gasteiger partial charge is 0.307 e. The van der Waals surface area contributed by atoms with Crippen molar-refractivity contribution < 1.29 is 4.79 Å². The molecule has 0 N–H and O–H groups in total. The third-order valence-electron chi connectivity index (χ3n) is 7.06. The molecule has 0 atom stereocenters. The van der Waals surface area contributed by atoms with E-state index >= 15 is 0 Å². The van der Waals surface area contributed by atoms with Crippen LogP contribution in [-0.2, 0) is 5.41 Å². The van der Waals surface area contributed by atoms with Crippen LogP contribution in [0.4, 0.5) is 5.69 Å². The smallest absolute Gasteiger partial charge is 0.258 e. The molecule has 0 radical (unpaired) electrons. The van der Waals surface area contributed by atoms with Crippen LogP contribution in [0.5, 0.6) is 0 Å². The fourth-order valence-corrected chi connectivity index (χ4v) is 5.47. The molecule has 2 aromatic carbocycles. The molecule has 1 aromatic heterocycles. The molecule has 3 aromatic rings. The Morgan fingerprint density at radius 1 is 1.06 bits per heavy atom. The van der Waals surface area contributed by atoms with Crippen molar-refractivity contribution in [1.29, 1.82) is 0 Å². The van der Waals surface area contributed by atoms with Gasteiger partial charge in [-0.3, -0.25) is 9.69 Å². The van der Waals surface area contributed by atoms with Crippen molar-refractivity contribution in [2.45, 2.75) is 25.2 Å². The third-order valence-corrected chi connectivity index (χ3v) is 7.51. The fraction of sp³-hybridized carbons (Fsp3) is 0.286. The van der Waals surface area contributed by atoms with E-state index < -0.39 is 0 Å². The van der Waals surface area contributed by atoms with Crippen LogP contribution in [0.2, 0.25) is 10.2 Å². The number of halogens is 2. The lowest BCUT2D eigenvalue weighted by Gasteiger charge is -2.39. The highest BCUT2D eigenvalue weighted by atomic mass is 35.5. The summed E-state index contributed by atoms with van der Waals surface area (Å²) in [6.07, 6.45) is 7.98. The second kappa shape index (κ2) is 9.53. The fourth-order valence-electron chi connectivity index (χ4n) is 5.12. The second-order valence-electron chi connectivity index (χ2n) is 9.31. The number of amides is 1. The van der Waals surface area contributed by atoms with Crippen molar-refractivity contribution in [2.24, 2.45) is 0 Å². The van der Waals surface area contributed by atoms with Crippen LogP contribution in [0.1, 0.15) is 39.9 Å². The minimum absolute atomic E-state index is 0.0480. The van der Waals surface area contributed by atoms with Gasteiger partial charge in [0.15, 0.2) is 0 Å². The Kier molecular flexibility index (Phi) is 6.48. The molecule has 6 heteroatoms. The number of hydrogen-bond acceptors (Lipinski definition) is 3. The molecule has 34 heavy (non-hydrogen) atoms. The Hall–Kier alpha value is -2.66. The first-order valence-electron chi connectivity index (χ1n) is 11.6. The molecule has 5 rings (SSSR count). The number of aromatic nitrogens is 1. The molecule has 4 nitrogen and oxygen atoms in total. The lowest BCUT2D eigenvalue weighted by atomic mass is 9.74. The molecule has 1 fully saturated rings. The number of benzene rings is 2. The number of nitrogens with zero attached hydrogens (tertiary/aromatic N) is 3. The molecule has 0 saturated carbocycles. The minimum atomic E-state index is -0.0795. The van der Waals surface area contributed by atoms with Gasteiger partial charge in [-0.2, -0.15) is 0 Å². The van der Waals surface area contributed by atoms with E-state index in [0.717, 1.165) is 38.2 Å². The lowest BCUT2D eigenvalue weighted by molar-refractivity contribution is 0.0977. The number of rotatable bonds is 4. The summed E-state index contributed by atoms with van der Waals surface area (Å²) in [6.45, 7) is 5.64. The van der Waals surface area contributed by atoms with Gasteiger partial charge >= 0.3 is 0 Å². The molecular weight excluding hydrogens is 465 g/mol. The Bertz CT molecular complexity index is 1230. The van der Waals surface area contributed by atoms with Crippen molar-refractivity contribution in [3.63, 3.8) is 0 Å². The third kappa shape index (κ3) is 4.63. The zero-order chi connectivity index (χ0) is 23.7. The number of fused-ring (bicyclic) bond motifs is 2. The highest BCUT2D eigenvalue weighted by Gasteiger charge is 2.46. The normalized spacial score (nSPS) is 17.4. The van der Waals surface area contributed by atoms with E-state index in [4.69, 9.17) is 23.2 Å². The van der Waals surface area contributed by atoms with Crippen LogP contribution in [0, 0.1) is 6.92 Å². The van der Waals surface area contributed by atoms with E-state index in [9.17, 15) is 4.79 Å². The van der Waals surface area contributed by atoms with Crippen molar-refractivity contribution in [3.8, 4) is 0 Å². The summed E-state index contributed by atoms with van der Waals surface area (Å²) in [5.74, 6) is -0.0480. The molecule has 1 saturated heterocycles. The summed E-state index contributed by atoms with van der Waals surface area (Å²) >= 11 is 12.5. The molecule has 2 aliphatic heterocycles. The van der Waals surface area contributed by atoms with Gasteiger partial charge in [0, 0.05) is 41.0 Å². The van der Waals surface area contributed by atoms with Gasteiger partial charge in [0.05, 0.1) is 0 Å². The molecule has 2 aliphatic rings. The monoisotopic (exact) mass is 491 g/mol. The first-order chi connectivity index (χ1) is 16.4. The molecule has 3 heterocycles. The topological polar surface area (TPSA) is 36.4 Å². The van der Waals surface area contributed by atoms with Gasteiger partial charge in [0.2, 0.25) is 0 Å². The number of aryl methyl sites for hydroxylation is 1. The van der Waals surface area contributed by atoms with Crippen LogP contribution in [0.3, 0.4) is 0 Å². The number of hydrogen-bond donors (Lipinski definition) is 0. The maximum atomic E-state index is 13.4. The lowest BCUT2D eigenvalue weighted by Crippen LogP contribution is -2.46. The van der Waals surface area contributed by atoms with Crippen LogP contribution < -0.4 is 4.90 Å². The average Bonchev–Trinajstić information content (AvgIpc) is 3.14. The maximum absolute atomic E-state index is 13.4. The van der Waals surface area contributed by atoms with Crippen molar-refractivity contribution >= 4 is 40.9 Å². The zero-order valence-electron chi connectivity index (χ0n) is 19.2. The Morgan fingerprint density at radius 3 is 2.56 bits per heavy atom. The summed E-state index contributed by atoms with van der Waals surface area (Å²) in [7, 11) is 0. The van der Waals surface area contributed by atoms with Crippen molar-refractivity contribution in [2.75, 3.05) is 31.1 Å². The number of carbonyl (C=O) groups excluding carboxylic acids is 1. The summed E-state index contributed by atoms with van der Waals surface area (Å²) in [6, 6.07) is 17.8. The number of likely N-dealkylation sites (tertiary alicyclic amines) is 1. The Labute approximate surface area is 210 Å². The van der Waals surface area contributed by atoms with Crippen molar-refractivity contribution in [3.05, 3.63) is 99.3 Å². The van der Waals surface area contributed by atoms with Gasteiger partial charge in [-0.25, -0.2) is 4.98 Å². The highest BCUT2D eigenvalue weighted by Crippen LogP contribution is 2.48. The van der Waals surface area contributed by atoms with E-state index in [0.29, 0.717) is 22.3 Å². The number of carbonyl (C=O) groups is 1. The molecule has 0 unspecified atom stereocenters. The highest BCUT2D eigenvalue weighted by molar-refractivity contribution is 6.31. The van der Waals surface area contributed by atoms with Gasteiger partial charge < -0.3 is 4.90 Å². The van der Waals surface area contributed by atoms with Crippen LogP contribution in [0.15, 0.2) is 66.9 Å². The van der Waals surface area contributed by atoms with Crippen molar-refractivity contribution in [1.82, 2.24) is 9.88 Å². The summed E-state index contributed by atoms with van der Waals surface area (Å²) in [5, 5.41) is 1.03.